The Bertz CT molecular complexity index is 1120. The molecule has 0 saturated carbocycles. The van der Waals surface area contributed by atoms with Crippen molar-refractivity contribution in [3.8, 4) is 5.00 Å². The Balaban J connectivity index is 1.43. The fourth-order valence-electron chi connectivity index (χ4n) is 4.54. The molecule has 30 heavy (non-hydrogen) atoms. The lowest BCUT2D eigenvalue weighted by Gasteiger charge is -2.31. The van der Waals surface area contributed by atoms with Gasteiger partial charge in [0, 0.05) is 26.2 Å². The van der Waals surface area contributed by atoms with Gasteiger partial charge < -0.3 is 0 Å². The fourth-order valence-corrected chi connectivity index (χ4v) is 7.64. The Labute approximate surface area is 192 Å². The van der Waals surface area contributed by atoms with Crippen molar-refractivity contribution >= 4 is 52.2 Å². The van der Waals surface area contributed by atoms with E-state index in [-0.39, 0.29) is 6.17 Å². The number of hydrogen-bond donors (Lipinski definition) is 2. The molecule has 0 spiro atoms. The van der Waals surface area contributed by atoms with Gasteiger partial charge in [-0.15, -0.1) is 21.5 Å². The number of anilines is 1. The topological polar surface area (TPSA) is 58.0 Å². The van der Waals surface area contributed by atoms with Crippen LogP contribution in [0.15, 0.2) is 23.4 Å². The van der Waals surface area contributed by atoms with Gasteiger partial charge in [-0.2, -0.15) is 0 Å². The summed E-state index contributed by atoms with van der Waals surface area (Å²) in [6, 6.07) is 5.62. The predicted octanol–water partition coefficient (Wildman–Crippen LogP) is 4.94. The maximum absolute atomic E-state index is 6.38. The highest BCUT2D eigenvalue weighted by Crippen LogP contribution is 2.48. The maximum Gasteiger partial charge on any atom is 0.249 e. The fraction of sp³-hybridized carbons (Fsp3) is 0.400. The number of thioether (sulfide) groups is 1. The Hall–Kier alpha value is -1.29. The molecule has 156 valence electrons. The average molecular weight is 479 g/mol. The van der Waals surface area contributed by atoms with Crippen molar-refractivity contribution in [1.82, 2.24) is 25.5 Å². The van der Waals surface area contributed by atoms with Crippen LogP contribution < -0.4 is 15.8 Å². The van der Waals surface area contributed by atoms with Gasteiger partial charge in [-0.3, -0.25) is 10.3 Å². The van der Waals surface area contributed by atoms with Crippen molar-refractivity contribution in [2.24, 2.45) is 5.92 Å². The van der Waals surface area contributed by atoms with Crippen LogP contribution in [0.2, 0.25) is 10.0 Å². The number of halogens is 2. The third kappa shape index (κ3) is 2.92. The minimum Gasteiger partial charge on any atom is -0.278 e. The van der Waals surface area contributed by atoms with E-state index in [4.69, 9.17) is 23.2 Å². The number of hydrogen-bond acceptors (Lipinski definition) is 7. The second-order valence-corrected chi connectivity index (χ2v) is 10.8. The second kappa shape index (κ2) is 7.39. The van der Waals surface area contributed by atoms with E-state index in [9.17, 15) is 0 Å². The second-order valence-electron chi connectivity index (χ2n) is 7.99. The highest BCUT2D eigenvalue weighted by molar-refractivity contribution is 7.98. The summed E-state index contributed by atoms with van der Waals surface area (Å²) in [5, 5.41) is 18.3. The largest absolute Gasteiger partial charge is 0.278 e. The van der Waals surface area contributed by atoms with Crippen LogP contribution in [0, 0.1) is 5.92 Å². The number of benzene rings is 1. The molecule has 2 aromatic heterocycles. The van der Waals surface area contributed by atoms with Crippen molar-refractivity contribution in [2.75, 3.05) is 11.7 Å². The summed E-state index contributed by atoms with van der Waals surface area (Å²) in [5.41, 5.74) is 7.25. The molecule has 2 aliphatic heterocycles. The number of rotatable bonds is 3. The summed E-state index contributed by atoms with van der Waals surface area (Å²) in [7, 11) is 0. The highest BCUT2D eigenvalue weighted by Gasteiger charge is 2.42. The number of fused-ring (bicyclic) bond motifs is 8. The van der Waals surface area contributed by atoms with Crippen molar-refractivity contribution in [3.05, 3.63) is 49.8 Å². The standard InChI is InChI=1S/C20H20Cl2N6S2/c1-10-5-6-15-11(7-10)16-17-23-9-24-28(17)19-25-26-20(27(19)18(16)30-15)29-8-12-13(21)3-2-4-14(12)22/h2-4,10,17,23-24H,5-9H2,1H3/t10-,17?/m0/s1. The molecule has 0 amide bonds. The predicted molar refractivity (Wildman–Crippen MR) is 123 cm³/mol. The molecule has 3 aromatic rings. The molecule has 1 fully saturated rings. The molecule has 0 bridgehead atoms. The van der Waals surface area contributed by atoms with Crippen LogP contribution in [0.4, 0.5) is 5.95 Å². The number of hydrazine groups is 1. The molecule has 4 heterocycles. The van der Waals surface area contributed by atoms with Crippen molar-refractivity contribution in [1.29, 1.82) is 0 Å². The summed E-state index contributed by atoms with van der Waals surface area (Å²) in [6.45, 7) is 3.07. The van der Waals surface area contributed by atoms with Crippen LogP contribution >= 0.6 is 46.3 Å². The Morgan fingerprint density at radius 3 is 2.93 bits per heavy atom. The first-order chi connectivity index (χ1) is 14.6. The Kier molecular flexibility index (Phi) is 4.78. The summed E-state index contributed by atoms with van der Waals surface area (Å²) in [4.78, 5) is 1.51. The summed E-state index contributed by atoms with van der Waals surface area (Å²) in [6.07, 6.45) is 3.66. The van der Waals surface area contributed by atoms with E-state index >= 15 is 0 Å². The smallest absolute Gasteiger partial charge is 0.249 e. The first kappa shape index (κ1) is 19.4. The highest BCUT2D eigenvalue weighted by atomic mass is 35.5. The SMILES string of the molecule is C[C@H]1CCc2sc3c(c2C1)C1NCNN1c1nnc(SCc2c(Cl)cccc2Cl)n1-3. The first-order valence-electron chi connectivity index (χ1n) is 10.0. The van der Waals surface area contributed by atoms with Gasteiger partial charge in [0.15, 0.2) is 5.16 Å². The molecule has 1 aromatic carbocycles. The number of aryl methyl sites for hydroxylation is 1. The molecule has 1 unspecified atom stereocenters. The van der Waals surface area contributed by atoms with Gasteiger partial charge >= 0.3 is 0 Å². The third-order valence-electron chi connectivity index (χ3n) is 6.05. The van der Waals surface area contributed by atoms with Crippen molar-refractivity contribution in [2.45, 2.75) is 43.3 Å². The molecule has 1 saturated heterocycles. The van der Waals surface area contributed by atoms with Gasteiger partial charge in [0.25, 0.3) is 0 Å². The molecule has 2 atom stereocenters. The van der Waals surface area contributed by atoms with Crippen LogP contribution in [-0.4, -0.2) is 21.4 Å². The van der Waals surface area contributed by atoms with Crippen LogP contribution in [-0.2, 0) is 18.6 Å². The molecule has 0 radical (unpaired) electrons. The van der Waals surface area contributed by atoms with Crippen LogP contribution in [0.5, 0.6) is 0 Å². The van der Waals surface area contributed by atoms with E-state index in [0.29, 0.717) is 15.8 Å². The van der Waals surface area contributed by atoms with Gasteiger partial charge in [0.2, 0.25) is 5.95 Å². The summed E-state index contributed by atoms with van der Waals surface area (Å²) in [5.74, 6) is 2.19. The zero-order valence-corrected chi connectivity index (χ0v) is 19.4. The molecule has 2 N–H and O–H groups in total. The first-order valence-corrected chi connectivity index (χ1v) is 12.6. The normalized spacial score (nSPS) is 21.9. The quantitative estimate of drug-likeness (QED) is 0.520. The van der Waals surface area contributed by atoms with Crippen molar-refractivity contribution in [3.63, 3.8) is 0 Å². The molecular formula is C20H20Cl2N6S2. The Morgan fingerprint density at radius 1 is 1.27 bits per heavy atom. The van der Waals surface area contributed by atoms with Gasteiger partial charge in [0.05, 0.1) is 6.67 Å². The van der Waals surface area contributed by atoms with Gasteiger partial charge in [0.1, 0.15) is 11.2 Å². The lowest BCUT2D eigenvalue weighted by atomic mass is 9.87. The molecule has 6 rings (SSSR count). The molecule has 1 aliphatic carbocycles. The minimum atomic E-state index is 0.109. The van der Waals surface area contributed by atoms with Crippen molar-refractivity contribution < 1.29 is 0 Å². The van der Waals surface area contributed by atoms with Gasteiger partial charge in [-0.05, 0) is 48.4 Å². The summed E-state index contributed by atoms with van der Waals surface area (Å²) < 4.78 is 2.20. The third-order valence-corrected chi connectivity index (χ3v) is 9.00. The van der Waals surface area contributed by atoms with E-state index in [2.05, 4.69) is 37.4 Å². The van der Waals surface area contributed by atoms with E-state index in [0.717, 1.165) is 42.1 Å². The molecule has 10 heteroatoms. The number of nitrogens with zero attached hydrogens (tertiary/aromatic N) is 4. The maximum atomic E-state index is 6.38. The number of nitrogens with one attached hydrogen (secondary N) is 2. The van der Waals surface area contributed by atoms with Gasteiger partial charge in [-0.1, -0.05) is 48.0 Å². The van der Waals surface area contributed by atoms with Crippen LogP contribution in [0.1, 0.15) is 41.1 Å². The monoisotopic (exact) mass is 478 g/mol. The number of thiophene rings is 1. The minimum absolute atomic E-state index is 0.109. The average Bonchev–Trinajstić information content (AvgIpc) is 3.43. The van der Waals surface area contributed by atoms with E-state index in [1.807, 2.05) is 29.5 Å². The zero-order valence-electron chi connectivity index (χ0n) is 16.3. The lowest BCUT2D eigenvalue weighted by Crippen LogP contribution is -2.39. The zero-order chi connectivity index (χ0) is 20.4. The number of aromatic nitrogens is 3. The van der Waals surface area contributed by atoms with Crippen LogP contribution in [0.3, 0.4) is 0 Å². The van der Waals surface area contributed by atoms with Gasteiger partial charge in [-0.25, -0.2) is 9.99 Å². The van der Waals surface area contributed by atoms with E-state index in [1.165, 1.54) is 27.4 Å². The molecule has 3 aliphatic rings. The molecule has 6 nitrogen and oxygen atoms in total. The van der Waals surface area contributed by atoms with E-state index < -0.39 is 0 Å². The lowest BCUT2D eigenvalue weighted by molar-refractivity contribution is 0.495. The molecular weight excluding hydrogens is 459 g/mol. The summed E-state index contributed by atoms with van der Waals surface area (Å²) >= 11 is 16.3. The Morgan fingerprint density at radius 2 is 2.10 bits per heavy atom. The van der Waals surface area contributed by atoms with E-state index in [1.54, 1.807) is 11.8 Å². The van der Waals surface area contributed by atoms with Crippen LogP contribution in [0.25, 0.3) is 5.00 Å².